The molecular formula is C16H15BrCl2O. The number of halogens is 3. The molecule has 0 spiro atoms. The van der Waals surface area contributed by atoms with Crippen molar-refractivity contribution in [3.63, 3.8) is 0 Å². The average molecular weight is 374 g/mol. The molecule has 2 rings (SSSR count). The molecule has 0 aliphatic rings. The highest BCUT2D eigenvalue weighted by Crippen LogP contribution is 2.32. The lowest BCUT2D eigenvalue weighted by molar-refractivity contribution is 0.0327. The van der Waals surface area contributed by atoms with Crippen LogP contribution in [-0.4, -0.2) is 5.11 Å². The summed E-state index contributed by atoms with van der Waals surface area (Å²) in [6, 6.07) is 13.2. The van der Waals surface area contributed by atoms with Crippen LogP contribution < -0.4 is 0 Å². The average Bonchev–Trinajstić information content (AvgIpc) is 2.43. The Morgan fingerprint density at radius 1 is 1.10 bits per heavy atom. The van der Waals surface area contributed by atoms with Crippen molar-refractivity contribution in [2.45, 2.75) is 25.4 Å². The molecule has 0 radical (unpaired) electrons. The molecule has 0 fully saturated rings. The summed E-state index contributed by atoms with van der Waals surface area (Å²) in [5, 5.41) is 12.0. The van der Waals surface area contributed by atoms with E-state index in [0.717, 1.165) is 15.6 Å². The lowest BCUT2D eigenvalue weighted by Gasteiger charge is -2.28. The summed E-state index contributed by atoms with van der Waals surface area (Å²) in [5.41, 5.74) is 0.935. The van der Waals surface area contributed by atoms with Gasteiger partial charge in [-0.05, 0) is 41.8 Å². The lowest BCUT2D eigenvalue weighted by atomic mass is 9.85. The zero-order chi connectivity index (χ0) is 14.8. The second-order valence-electron chi connectivity index (χ2n) is 4.82. The molecule has 0 heterocycles. The molecule has 0 aliphatic heterocycles. The van der Waals surface area contributed by atoms with Gasteiger partial charge in [0.15, 0.2) is 0 Å². The van der Waals surface area contributed by atoms with Crippen LogP contribution in [-0.2, 0) is 12.0 Å². The second kappa shape index (κ2) is 6.48. The Balaban J connectivity index is 2.33. The van der Waals surface area contributed by atoms with Gasteiger partial charge in [-0.25, -0.2) is 0 Å². The molecule has 4 heteroatoms. The summed E-state index contributed by atoms with van der Waals surface area (Å²) in [5.74, 6) is 0. The van der Waals surface area contributed by atoms with Gasteiger partial charge in [-0.3, -0.25) is 0 Å². The molecule has 1 nitrogen and oxygen atoms in total. The van der Waals surface area contributed by atoms with Crippen molar-refractivity contribution in [3.05, 3.63) is 68.1 Å². The second-order valence-corrected chi connectivity index (χ2v) is 6.55. The van der Waals surface area contributed by atoms with Crippen molar-refractivity contribution in [1.29, 1.82) is 0 Å². The number of benzene rings is 2. The van der Waals surface area contributed by atoms with E-state index in [1.807, 2.05) is 43.3 Å². The van der Waals surface area contributed by atoms with Crippen LogP contribution in [0.2, 0.25) is 10.0 Å². The number of aliphatic hydroxyl groups is 1. The van der Waals surface area contributed by atoms with E-state index in [9.17, 15) is 5.11 Å². The normalized spacial score (nSPS) is 14.1. The fourth-order valence-electron chi connectivity index (χ4n) is 2.20. The number of rotatable bonds is 4. The van der Waals surface area contributed by atoms with Gasteiger partial charge in [0.1, 0.15) is 0 Å². The maximum atomic E-state index is 10.9. The van der Waals surface area contributed by atoms with Gasteiger partial charge < -0.3 is 5.11 Å². The fourth-order valence-corrected chi connectivity index (χ4v) is 2.92. The van der Waals surface area contributed by atoms with Crippen LogP contribution in [0, 0.1) is 0 Å². The predicted octanol–water partition coefficient (Wildman–Crippen LogP) is 5.60. The topological polar surface area (TPSA) is 20.2 Å². The van der Waals surface area contributed by atoms with Gasteiger partial charge >= 0.3 is 0 Å². The maximum absolute atomic E-state index is 10.9. The molecule has 0 aromatic heterocycles. The Bertz CT molecular complexity index is 615. The quantitative estimate of drug-likeness (QED) is 0.739. The molecule has 1 atom stereocenters. The minimum absolute atomic E-state index is 0.497. The van der Waals surface area contributed by atoms with Crippen molar-refractivity contribution in [3.8, 4) is 0 Å². The van der Waals surface area contributed by atoms with Gasteiger partial charge in [-0.15, -0.1) is 0 Å². The van der Waals surface area contributed by atoms with E-state index in [1.54, 1.807) is 6.07 Å². The zero-order valence-electron chi connectivity index (χ0n) is 11.0. The summed E-state index contributed by atoms with van der Waals surface area (Å²) in [6.45, 7) is 1.97. The third-order valence-corrected chi connectivity index (χ3v) is 4.66. The molecule has 0 saturated carbocycles. The Morgan fingerprint density at radius 2 is 1.85 bits per heavy atom. The minimum atomic E-state index is -0.916. The van der Waals surface area contributed by atoms with Crippen LogP contribution in [0.1, 0.15) is 24.5 Å². The summed E-state index contributed by atoms with van der Waals surface area (Å²) in [6.07, 6.45) is 1.11. The number of hydrogen-bond donors (Lipinski definition) is 1. The third kappa shape index (κ3) is 3.56. The van der Waals surface area contributed by atoms with Crippen LogP contribution >= 0.6 is 39.1 Å². The smallest absolute Gasteiger partial charge is 0.0934 e. The van der Waals surface area contributed by atoms with Crippen LogP contribution in [0.15, 0.2) is 46.9 Å². The van der Waals surface area contributed by atoms with E-state index in [0.29, 0.717) is 22.9 Å². The molecule has 0 amide bonds. The van der Waals surface area contributed by atoms with Crippen molar-refractivity contribution < 1.29 is 5.11 Å². The van der Waals surface area contributed by atoms with Gasteiger partial charge in [0.25, 0.3) is 0 Å². The summed E-state index contributed by atoms with van der Waals surface area (Å²) in [7, 11) is 0. The van der Waals surface area contributed by atoms with Crippen molar-refractivity contribution >= 4 is 39.1 Å². The lowest BCUT2D eigenvalue weighted by Crippen LogP contribution is -2.27. The SMILES string of the molecule is CCC(O)(Cc1ccc(Cl)c(Cl)c1)c1cccc(Br)c1. The van der Waals surface area contributed by atoms with E-state index >= 15 is 0 Å². The fraction of sp³-hybridized carbons (Fsp3) is 0.250. The Hall–Kier alpha value is -0.540. The first-order valence-corrected chi connectivity index (χ1v) is 7.92. The largest absolute Gasteiger partial charge is 0.385 e. The highest BCUT2D eigenvalue weighted by molar-refractivity contribution is 9.10. The Labute approximate surface area is 137 Å². The molecule has 1 unspecified atom stereocenters. The zero-order valence-corrected chi connectivity index (χ0v) is 14.1. The van der Waals surface area contributed by atoms with Crippen molar-refractivity contribution in [2.75, 3.05) is 0 Å². The van der Waals surface area contributed by atoms with Crippen LogP contribution in [0.4, 0.5) is 0 Å². The Morgan fingerprint density at radius 3 is 2.45 bits per heavy atom. The highest BCUT2D eigenvalue weighted by Gasteiger charge is 2.27. The molecule has 0 saturated heterocycles. The molecule has 2 aromatic rings. The highest BCUT2D eigenvalue weighted by atomic mass is 79.9. The first-order chi connectivity index (χ1) is 9.44. The third-order valence-electron chi connectivity index (χ3n) is 3.43. The molecule has 20 heavy (non-hydrogen) atoms. The molecule has 0 aliphatic carbocycles. The van der Waals surface area contributed by atoms with Crippen molar-refractivity contribution in [1.82, 2.24) is 0 Å². The van der Waals surface area contributed by atoms with E-state index in [2.05, 4.69) is 15.9 Å². The van der Waals surface area contributed by atoms with Gasteiger partial charge in [0.05, 0.1) is 15.6 Å². The van der Waals surface area contributed by atoms with E-state index in [1.165, 1.54) is 0 Å². The molecule has 2 aromatic carbocycles. The van der Waals surface area contributed by atoms with E-state index in [-0.39, 0.29) is 0 Å². The maximum Gasteiger partial charge on any atom is 0.0934 e. The van der Waals surface area contributed by atoms with Gasteiger partial charge in [0.2, 0.25) is 0 Å². The molecule has 0 bridgehead atoms. The standard InChI is InChI=1S/C16H15BrCl2O/c1-2-16(20,12-4-3-5-13(17)9-12)10-11-6-7-14(18)15(19)8-11/h3-9,20H,2,10H2,1H3. The van der Waals surface area contributed by atoms with Gasteiger partial charge in [-0.2, -0.15) is 0 Å². The van der Waals surface area contributed by atoms with E-state index in [4.69, 9.17) is 23.2 Å². The summed E-state index contributed by atoms with van der Waals surface area (Å²) in [4.78, 5) is 0. The van der Waals surface area contributed by atoms with Crippen LogP contribution in [0.25, 0.3) is 0 Å². The monoisotopic (exact) mass is 372 g/mol. The number of hydrogen-bond acceptors (Lipinski definition) is 1. The summed E-state index contributed by atoms with van der Waals surface area (Å²) < 4.78 is 0.955. The Kier molecular flexibility index (Phi) is 5.14. The summed E-state index contributed by atoms with van der Waals surface area (Å²) >= 11 is 15.4. The van der Waals surface area contributed by atoms with Gasteiger partial charge in [0, 0.05) is 10.9 Å². The van der Waals surface area contributed by atoms with Crippen molar-refractivity contribution in [2.24, 2.45) is 0 Å². The minimum Gasteiger partial charge on any atom is -0.385 e. The first-order valence-electron chi connectivity index (χ1n) is 6.37. The predicted molar refractivity (Wildman–Crippen MR) is 88.5 cm³/mol. The molecule has 106 valence electrons. The van der Waals surface area contributed by atoms with Crippen LogP contribution in [0.5, 0.6) is 0 Å². The first kappa shape index (κ1) is 15.8. The van der Waals surface area contributed by atoms with Gasteiger partial charge in [-0.1, -0.05) is 64.3 Å². The molecule has 1 N–H and O–H groups in total. The molecular weight excluding hydrogens is 359 g/mol. The van der Waals surface area contributed by atoms with Crippen LogP contribution in [0.3, 0.4) is 0 Å². The van der Waals surface area contributed by atoms with E-state index < -0.39 is 5.60 Å².